The van der Waals surface area contributed by atoms with Crippen molar-refractivity contribution in [3.63, 3.8) is 0 Å². The van der Waals surface area contributed by atoms with Gasteiger partial charge < -0.3 is 14.2 Å². The number of hydrogen-bond acceptors (Lipinski definition) is 6. The third-order valence-electron chi connectivity index (χ3n) is 4.13. The minimum atomic E-state index is -0.508. The van der Waals surface area contributed by atoms with Gasteiger partial charge in [0.25, 0.3) is 0 Å². The molecule has 2 aromatic carbocycles. The highest BCUT2D eigenvalue weighted by atomic mass is 16.5. The Kier molecular flexibility index (Phi) is 7.69. The molecule has 0 amide bonds. The molecule has 6 heteroatoms. The number of carbonyl (C=O) groups is 3. The second kappa shape index (κ2) is 10.2. The van der Waals surface area contributed by atoms with Gasteiger partial charge >= 0.3 is 17.9 Å². The molecular weight excluding hydrogens is 384 g/mol. The summed E-state index contributed by atoms with van der Waals surface area (Å²) in [6.45, 7) is 11.4. The second-order valence-electron chi connectivity index (χ2n) is 6.59. The second-order valence-corrected chi connectivity index (χ2v) is 6.59. The summed E-state index contributed by atoms with van der Waals surface area (Å²) in [7, 11) is 0. The molecular formula is C24H24O6. The maximum absolute atomic E-state index is 11.7. The number of ether oxygens (including phenoxy) is 3. The lowest BCUT2D eigenvalue weighted by molar-refractivity contribution is -0.142. The Balaban J connectivity index is 2.61. The molecule has 6 nitrogen and oxygen atoms in total. The molecule has 0 saturated carbocycles. The van der Waals surface area contributed by atoms with Crippen molar-refractivity contribution in [2.24, 2.45) is 0 Å². The Hall–Kier alpha value is -3.67. The molecule has 0 aromatic heterocycles. The maximum atomic E-state index is 11.7. The van der Waals surface area contributed by atoms with Crippen molar-refractivity contribution in [2.45, 2.75) is 33.8 Å². The summed E-state index contributed by atoms with van der Waals surface area (Å²) in [5.74, 6) is -0.713. The first kappa shape index (κ1) is 22.6. The van der Waals surface area contributed by atoms with Gasteiger partial charge in [-0.15, -0.1) is 0 Å². The van der Waals surface area contributed by atoms with E-state index in [1.807, 2.05) is 12.1 Å². The van der Waals surface area contributed by atoms with E-state index in [4.69, 9.17) is 14.2 Å². The molecule has 0 spiro atoms. The monoisotopic (exact) mass is 408 g/mol. The van der Waals surface area contributed by atoms with E-state index in [1.165, 1.54) is 20.8 Å². The van der Waals surface area contributed by atoms with Gasteiger partial charge in [0.2, 0.25) is 0 Å². The number of benzene rings is 2. The largest absolute Gasteiger partial charge is 0.461 e. The van der Waals surface area contributed by atoms with Gasteiger partial charge in [0.1, 0.15) is 18.1 Å². The molecule has 2 rings (SSSR count). The molecule has 156 valence electrons. The molecule has 0 N–H and O–H groups in total. The maximum Gasteiger partial charge on any atom is 0.308 e. The van der Waals surface area contributed by atoms with Gasteiger partial charge in [-0.25, -0.2) is 0 Å². The van der Waals surface area contributed by atoms with E-state index in [1.54, 1.807) is 30.4 Å². The summed E-state index contributed by atoms with van der Waals surface area (Å²) in [4.78, 5) is 34.5. The van der Waals surface area contributed by atoms with Crippen molar-refractivity contribution >= 4 is 30.1 Å². The van der Waals surface area contributed by atoms with Gasteiger partial charge in [-0.2, -0.15) is 0 Å². The van der Waals surface area contributed by atoms with Gasteiger partial charge in [-0.05, 0) is 35.4 Å². The lowest BCUT2D eigenvalue weighted by Gasteiger charge is -2.17. The molecule has 30 heavy (non-hydrogen) atoms. The lowest BCUT2D eigenvalue weighted by atomic mass is 9.96. The van der Waals surface area contributed by atoms with Crippen molar-refractivity contribution in [2.75, 3.05) is 0 Å². The van der Waals surface area contributed by atoms with Crippen LogP contribution in [0.5, 0.6) is 11.5 Å². The van der Waals surface area contributed by atoms with Gasteiger partial charge in [-0.1, -0.05) is 31.4 Å². The highest BCUT2D eigenvalue weighted by molar-refractivity contribution is 5.72. The Morgan fingerprint density at radius 3 is 1.97 bits per heavy atom. The lowest BCUT2D eigenvalue weighted by Crippen LogP contribution is -2.10. The van der Waals surface area contributed by atoms with E-state index in [9.17, 15) is 14.4 Å². The van der Waals surface area contributed by atoms with Gasteiger partial charge in [0, 0.05) is 43.9 Å². The summed E-state index contributed by atoms with van der Waals surface area (Å²) in [6.07, 6.45) is 3.62. The first-order valence-electron chi connectivity index (χ1n) is 9.27. The van der Waals surface area contributed by atoms with Crippen LogP contribution in [-0.2, 0) is 32.1 Å². The van der Waals surface area contributed by atoms with Crippen molar-refractivity contribution in [1.29, 1.82) is 0 Å². The number of esters is 3. The van der Waals surface area contributed by atoms with E-state index in [2.05, 4.69) is 13.2 Å². The average Bonchev–Trinajstić information content (AvgIpc) is 2.68. The predicted octanol–water partition coefficient (Wildman–Crippen LogP) is 4.48. The topological polar surface area (TPSA) is 78.9 Å². The molecule has 0 heterocycles. The summed E-state index contributed by atoms with van der Waals surface area (Å²) in [6, 6.07) is 8.88. The molecule has 2 aromatic rings. The molecule has 0 bridgehead atoms. The fourth-order valence-corrected chi connectivity index (χ4v) is 2.92. The van der Waals surface area contributed by atoms with Crippen molar-refractivity contribution in [3.05, 3.63) is 71.3 Å². The molecule has 0 aliphatic rings. The summed E-state index contributed by atoms with van der Waals surface area (Å²) < 4.78 is 15.9. The SMILES string of the molecule is C=Cc1ccc(OC(C)=O)c(Cc2cc(C=C)cc(COC(C)=O)c2OC(C)=O)c1. The first-order valence-corrected chi connectivity index (χ1v) is 9.27. The van der Waals surface area contributed by atoms with E-state index < -0.39 is 17.9 Å². The Bertz CT molecular complexity index is 1000. The molecule has 0 aliphatic carbocycles. The normalized spacial score (nSPS) is 10.1. The van der Waals surface area contributed by atoms with Crippen LogP contribution in [0.15, 0.2) is 43.5 Å². The van der Waals surface area contributed by atoms with Gasteiger partial charge in [-0.3, -0.25) is 14.4 Å². The smallest absolute Gasteiger partial charge is 0.308 e. The van der Waals surface area contributed by atoms with E-state index in [-0.39, 0.29) is 6.61 Å². The Labute approximate surface area is 175 Å². The predicted molar refractivity (Wildman–Crippen MR) is 114 cm³/mol. The number of rotatable bonds is 8. The van der Waals surface area contributed by atoms with Crippen LogP contribution in [0, 0.1) is 0 Å². The van der Waals surface area contributed by atoms with Crippen LogP contribution >= 0.6 is 0 Å². The number of hydrogen-bond donors (Lipinski definition) is 0. The van der Waals surface area contributed by atoms with Crippen LogP contribution in [-0.4, -0.2) is 17.9 Å². The first-order chi connectivity index (χ1) is 14.2. The van der Waals surface area contributed by atoms with Crippen molar-refractivity contribution < 1.29 is 28.6 Å². The van der Waals surface area contributed by atoms with Crippen LogP contribution in [0.4, 0.5) is 0 Å². The van der Waals surface area contributed by atoms with Crippen molar-refractivity contribution in [1.82, 2.24) is 0 Å². The van der Waals surface area contributed by atoms with Crippen LogP contribution < -0.4 is 9.47 Å². The highest BCUT2D eigenvalue weighted by Gasteiger charge is 2.18. The van der Waals surface area contributed by atoms with Crippen molar-refractivity contribution in [3.8, 4) is 11.5 Å². The molecule has 0 aliphatic heterocycles. The highest BCUT2D eigenvalue weighted by Crippen LogP contribution is 2.33. The average molecular weight is 408 g/mol. The summed E-state index contributed by atoms with van der Waals surface area (Å²) >= 11 is 0. The molecule has 0 saturated heterocycles. The summed E-state index contributed by atoms with van der Waals surface area (Å²) in [5.41, 5.74) is 3.49. The fraction of sp³-hybridized carbons (Fsp3) is 0.208. The molecule has 0 unspecified atom stereocenters. The summed E-state index contributed by atoms with van der Waals surface area (Å²) in [5, 5.41) is 0. The minimum absolute atomic E-state index is 0.0594. The third-order valence-corrected chi connectivity index (χ3v) is 4.13. The van der Waals surface area contributed by atoms with Crippen LogP contribution in [0.1, 0.15) is 48.6 Å². The zero-order valence-corrected chi connectivity index (χ0v) is 17.3. The van der Waals surface area contributed by atoms with E-state index >= 15 is 0 Å². The molecule has 0 radical (unpaired) electrons. The van der Waals surface area contributed by atoms with Crippen LogP contribution in [0.25, 0.3) is 12.2 Å². The third kappa shape index (κ3) is 6.17. The van der Waals surface area contributed by atoms with E-state index in [0.29, 0.717) is 34.6 Å². The Morgan fingerprint density at radius 1 is 0.800 bits per heavy atom. The van der Waals surface area contributed by atoms with E-state index in [0.717, 1.165) is 11.1 Å². The Morgan fingerprint density at radius 2 is 1.40 bits per heavy atom. The number of carbonyl (C=O) groups excluding carboxylic acids is 3. The standard InChI is InChI=1S/C24H24O6/c1-6-18-8-9-23(29-16(4)26)20(10-18)13-21-11-19(7-2)12-22(14-28-15(3)25)24(21)30-17(5)27/h6-12H,1-2,13-14H2,3-5H3. The quantitative estimate of drug-likeness (QED) is 0.473. The zero-order valence-electron chi connectivity index (χ0n) is 17.3. The molecule has 0 atom stereocenters. The van der Waals surface area contributed by atoms with Gasteiger partial charge in [0.15, 0.2) is 0 Å². The fourth-order valence-electron chi connectivity index (χ4n) is 2.92. The minimum Gasteiger partial charge on any atom is -0.461 e. The van der Waals surface area contributed by atoms with Crippen LogP contribution in [0.3, 0.4) is 0 Å². The molecule has 0 fully saturated rings. The van der Waals surface area contributed by atoms with Crippen LogP contribution in [0.2, 0.25) is 0 Å². The zero-order chi connectivity index (χ0) is 22.3. The van der Waals surface area contributed by atoms with Gasteiger partial charge in [0.05, 0.1) is 0 Å².